The van der Waals surface area contributed by atoms with Crippen molar-refractivity contribution in [3.05, 3.63) is 53.6 Å². The molecule has 1 aliphatic rings. The molecule has 20 heavy (non-hydrogen) atoms. The van der Waals surface area contributed by atoms with Crippen LogP contribution in [0.1, 0.15) is 42.5 Å². The van der Waals surface area contributed by atoms with Crippen LogP contribution in [0, 0.1) is 0 Å². The summed E-state index contributed by atoms with van der Waals surface area (Å²) < 4.78 is 2.36. The van der Waals surface area contributed by atoms with Gasteiger partial charge in [-0.25, -0.2) is 0 Å². The summed E-state index contributed by atoms with van der Waals surface area (Å²) >= 11 is 0. The predicted octanol–water partition coefficient (Wildman–Crippen LogP) is 3.11. The van der Waals surface area contributed by atoms with Crippen LogP contribution in [0.15, 0.2) is 36.9 Å². The zero-order valence-electron chi connectivity index (χ0n) is 12.2. The summed E-state index contributed by atoms with van der Waals surface area (Å²) in [6.45, 7) is 4.29. The van der Waals surface area contributed by atoms with E-state index in [1.165, 1.54) is 36.0 Å². The van der Waals surface area contributed by atoms with Crippen molar-refractivity contribution >= 4 is 0 Å². The van der Waals surface area contributed by atoms with Gasteiger partial charge in [-0.3, -0.25) is 4.98 Å². The lowest BCUT2D eigenvalue weighted by atomic mass is 9.91. The second-order valence-corrected chi connectivity index (χ2v) is 5.58. The largest absolute Gasteiger partial charge is 0.353 e. The molecule has 2 aromatic heterocycles. The van der Waals surface area contributed by atoms with Gasteiger partial charge in [-0.15, -0.1) is 0 Å². The molecule has 1 N–H and O–H groups in total. The number of fused-ring (bicyclic) bond motifs is 1. The third-order valence-electron chi connectivity index (χ3n) is 4.17. The van der Waals surface area contributed by atoms with Crippen LogP contribution in [-0.2, 0) is 19.4 Å². The van der Waals surface area contributed by atoms with E-state index in [1.54, 1.807) is 0 Å². The molecule has 0 aromatic carbocycles. The molecule has 3 heteroatoms. The molecule has 0 saturated heterocycles. The van der Waals surface area contributed by atoms with E-state index in [4.69, 9.17) is 0 Å². The predicted molar refractivity (Wildman–Crippen MR) is 81.7 cm³/mol. The summed E-state index contributed by atoms with van der Waals surface area (Å²) in [5.74, 6) is 0. The molecular formula is C17H23N3. The Morgan fingerprint density at radius 3 is 2.95 bits per heavy atom. The first-order chi connectivity index (χ1) is 9.86. The molecule has 3 nitrogen and oxygen atoms in total. The van der Waals surface area contributed by atoms with Crippen molar-refractivity contribution in [1.29, 1.82) is 0 Å². The van der Waals surface area contributed by atoms with Gasteiger partial charge in [0.1, 0.15) is 0 Å². The van der Waals surface area contributed by atoms with E-state index in [9.17, 15) is 0 Å². The van der Waals surface area contributed by atoms with Gasteiger partial charge in [-0.2, -0.15) is 0 Å². The topological polar surface area (TPSA) is 29.9 Å². The maximum absolute atomic E-state index is 4.07. The normalized spacial score (nSPS) is 17.9. The summed E-state index contributed by atoms with van der Waals surface area (Å²) in [6.07, 6.45) is 13.3. The second-order valence-electron chi connectivity index (χ2n) is 5.58. The highest BCUT2D eigenvalue weighted by Crippen LogP contribution is 2.30. The number of rotatable bonds is 5. The van der Waals surface area contributed by atoms with Crippen molar-refractivity contribution in [2.45, 2.75) is 45.2 Å². The van der Waals surface area contributed by atoms with Crippen molar-refractivity contribution < 1.29 is 0 Å². The van der Waals surface area contributed by atoms with E-state index in [1.807, 2.05) is 12.4 Å². The molecule has 0 radical (unpaired) electrons. The smallest absolute Gasteiger partial charge is 0.0338 e. The number of hydrogen-bond donors (Lipinski definition) is 1. The first kappa shape index (κ1) is 13.4. The molecule has 106 valence electrons. The summed E-state index contributed by atoms with van der Waals surface area (Å²) in [4.78, 5) is 4.07. The number of hydrogen-bond acceptors (Lipinski definition) is 2. The van der Waals surface area contributed by atoms with Crippen molar-refractivity contribution in [2.24, 2.45) is 0 Å². The minimum atomic E-state index is 0.561. The molecular weight excluding hydrogens is 246 g/mol. The van der Waals surface area contributed by atoms with Crippen LogP contribution >= 0.6 is 0 Å². The number of aromatic nitrogens is 2. The van der Waals surface area contributed by atoms with Gasteiger partial charge < -0.3 is 9.88 Å². The summed E-state index contributed by atoms with van der Waals surface area (Å²) in [6, 6.07) is 4.77. The van der Waals surface area contributed by atoms with E-state index in [-0.39, 0.29) is 0 Å². The Morgan fingerprint density at radius 2 is 2.15 bits per heavy atom. The maximum atomic E-state index is 4.07. The Kier molecular flexibility index (Phi) is 4.16. The van der Waals surface area contributed by atoms with E-state index in [0.717, 1.165) is 19.5 Å². The van der Waals surface area contributed by atoms with E-state index in [2.05, 4.69) is 46.3 Å². The molecule has 0 aliphatic heterocycles. The van der Waals surface area contributed by atoms with Gasteiger partial charge >= 0.3 is 0 Å². The third-order valence-corrected chi connectivity index (χ3v) is 4.17. The lowest BCUT2D eigenvalue weighted by Gasteiger charge is -2.22. The standard InChI is InChI=1S/C17H23N3/c1-2-19-17-5-3-4-15-12-20(13-16(15)17)11-8-14-6-9-18-10-7-14/h6-7,9-10,12-13,17,19H,2-5,8,11H2,1H3. The Hall–Kier alpha value is -1.61. The van der Waals surface area contributed by atoms with E-state index >= 15 is 0 Å². The Labute approximate surface area is 121 Å². The fourth-order valence-corrected chi connectivity index (χ4v) is 3.14. The molecule has 0 bridgehead atoms. The Bertz CT molecular complexity index is 545. The van der Waals surface area contributed by atoms with Gasteiger partial charge in [0.15, 0.2) is 0 Å². The Morgan fingerprint density at radius 1 is 1.30 bits per heavy atom. The highest BCUT2D eigenvalue weighted by atomic mass is 15.0. The second kappa shape index (κ2) is 6.23. The van der Waals surface area contributed by atoms with Gasteiger partial charge in [-0.1, -0.05) is 6.92 Å². The minimum absolute atomic E-state index is 0.561. The monoisotopic (exact) mass is 269 g/mol. The van der Waals surface area contributed by atoms with E-state index < -0.39 is 0 Å². The van der Waals surface area contributed by atoms with Crippen molar-refractivity contribution in [2.75, 3.05) is 6.54 Å². The molecule has 0 amide bonds. The van der Waals surface area contributed by atoms with Crippen molar-refractivity contribution in [3.8, 4) is 0 Å². The highest BCUT2D eigenvalue weighted by Gasteiger charge is 2.20. The molecule has 2 heterocycles. The van der Waals surface area contributed by atoms with Gasteiger partial charge in [-0.05, 0) is 61.1 Å². The van der Waals surface area contributed by atoms with Crippen molar-refractivity contribution in [3.63, 3.8) is 0 Å². The number of pyridine rings is 1. The summed E-state index contributed by atoms with van der Waals surface area (Å²) in [5.41, 5.74) is 4.42. The quantitative estimate of drug-likeness (QED) is 0.904. The van der Waals surface area contributed by atoms with E-state index in [0.29, 0.717) is 6.04 Å². The Balaban J connectivity index is 1.69. The fourth-order valence-electron chi connectivity index (χ4n) is 3.14. The zero-order chi connectivity index (χ0) is 13.8. The molecule has 2 aromatic rings. The lowest BCUT2D eigenvalue weighted by Crippen LogP contribution is -2.23. The molecule has 0 spiro atoms. The van der Waals surface area contributed by atoms with Crippen LogP contribution < -0.4 is 5.32 Å². The van der Waals surface area contributed by atoms with Crippen LogP contribution in [-0.4, -0.2) is 16.1 Å². The van der Waals surface area contributed by atoms with Gasteiger partial charge in [0.2, 0.25) is 0 Å². The third kappa shape index (κ3) is 2.93. The van der Waals surface area contributed by atoms with Crippen molar-refractivity contribution in [1.82, 2.24) is 14.9 Å². The molecule has 3 rings (SSSR count). The zero-order valence-corrected chi connectivity index (χ0v) is 12.2. The fraction of sp³-hybridized carbons (Fsp3) is 0.471. The van der Waals surface area contributed by atoms with Gasteiger partial charge in [0, 0.05) is 37.4 Å². The average Bonchev–Trinajstić information content (AvgIpc) is 2.91. The molecule has 0 saturated carbocycles. The first-order valence-electron chi connectivity index (χ1n) is 7.67. The van der Waals surface area contributed by atoms with Crippen LogP contribution in [0.5, 0.6) is 0 Å². The summed E-state index contributed by atoms with van der Waals surface area (Å²) in [5, 5.41) is 3.61. The minimum Gasteiger partial charge on any atom is -0.353 e. The lowest BCUT2D eigenvalue weighted by molar-refractivity contribution is 0.473. The maximum Gasteiger partial charge on any atom is 0.0338 e. The SMILES string of the molecule is CCNC1CCCc2cn(CCc3ccncc3)cc21. The van der Waals surface area contributed by atoms with Crippen LogP contribution in [0.25, 0.3) is 0 Å². The molecule has 1 unspecified atom stereocenters. The summed E-state index contributed by atoms with van der Waals surface area (Å²) in [7, 11) is 0. The number of nitrogens with one attached hydrogen (secondary N) is 1. The van der Waals surface area contributed by atoms with Crippen LogP contribution in [0.3, 0.4) is 0 Å². The average molecular weight is 269 g/mol. The number of aryl methyl sites for hydroxylation is 3. The first-order valence-corrected chi connectivity index (χ1v) is 7.67. The van der Waals surface area contributed by atoms with Gasteiger partial charge in [0.05, 0.1) is 0 Å². The van der Waals surface area contributed by atoms with Crippen LogP contribution in [0.4, 0.5) is 0 Å². The van der Waals surface area contributed by atoms with Crippen LogP contribution in [0.2, 0.25) is 0 Å². The molecule has 1 aliphatic carbocycles. The molecule has 0 fully saturated rings. The highest BCUT2D eigenvalue weighted by molar-refractivity contribution is 5.30. The van der Waals surface area contributed by atoms with Gasteiger partial charge in [0.25, 0.3) is 0 Å². The number of nitrogens with zero attached hydrogens (tertiary/aromatic N) is 2. The molecule has 1 atom stereocenters.